The van der Waals surface area contributed by atoms with Crippen molar-refractivity contribution >= 4 is 17.3 Å². The molecule has 26 heavy (non-hydrogen) atoms. The van der Waals surface area contributed by atoms with E-state index in [0.29, 0.717) is 5.92 Å². The van der Waals surface area contributed by atoms with Gasteiger partial charge in [-0.1, -0.05) is 48.9 Å². The third kappa shape index (κ3) is 4.24. The van der Waals surface area contributed by atoms with Gasteiger partial charge in [-0.2, -0.15) is 0 Å². The summed E-state index contributed by atoms with van der Waals surface area (Å²) in [5.74, 6) is 0.693. The van der Waals surface area contributed by atoms with Gasteiger partial charge in [-0.05, 0) is 75.3 Å². The summed E-state index contributed by atoms with van der Waals surface area (Å²) in [7, 11) is 0. The monoisotopic (exact) mass is 371 g/mol. The van der Waals surface area contributed by atoms with Gasteiger partial charge >= 0.3 is 0 Å². The second-order valence-electron chi connectivity index (χ2n) is 8.36. The van der Waals surface area contributed by atoms with Gasteiger partial charge in [-0.15, -0.1) is 0 Å². The molecule has 0 aliphatic heterocycles. The van der Waals surface area contributed by atoms with Gasteiger partial charge in [0.05, 0.1) is 5.60 Å². The summed E-state index contributed by atoms with van der Waals surface area (Å²) >= 11 is 5.99. The van der Waals surface area contributed by atoms with Crippen LogP contribution in [0.25, 0.3) is 0 Å². The minimum atomic E-state index is -0.603. The molecule has 0 aromatic heterocycles. The average Bonchev–Trinajstić information content (AvgIpc) is 2.64. The van der Waals surface area contributed by atoms with Crippen LogP contribution in [0.3, 0.4) is 0 Å². The van der Waals surface area contributed by atoms with E-state index in [1.54, 1.807) is 0 Å². The zero-order chi connectivity index (χ0) is 18.8. The predicted molar refractivity (Wildman–Crippen MR) is 111 cm³/mol. The van der Waals surface area contributed by atoms with Crippen molar-refractivity contribution in [2.45, 2.75) is 63.5 Å². The smallest absolute Gasteiger partial charge is 0.0713 e. The Kier molecular flexibility index (Phi) is 5.64. The van der Waals surface area contributed by atoms with Crippen LogP contribution in [0, 0.1) is 5.92 Å². The Bertz CT molecular complexity index is 703. The molecule has 3 heteroatoms. The first-order valence-electron chi connectivity index (χ1n) is 9.61. The van der Waals surface area contributed by atoms with E-state index < -0.39 is 5.60 Å². The highest BCUT2D eigenvalue weighted by Gasteiger charge is 2.42. The van der Waals surface area contributed by atoms with Crippen molar-refractivity contribution < 1.29 is 5.11 Å². The van der Waals surface area contributed by atoms with Crippen molar-refractivity contribution in [1.82, 2.24) is 0 Å². The molecule has 0 amide bonds. The quantitative estimate of drug-likeness (QED) is 0.650. The first kappa shape index (κ1) is 19.3. The molecule has 1 atom stereocenters. The summed E-state index contributed by atoms with van der Waals surface area (Å²) in [4.78, 5) is 0. The summed E-state index contributed by atoms with van der Waals surface area (Å²) in [5.41, 5.74) is 1.70. The fourth-order valence-electron chi connectivity index (χ4n) is 4.33. The van der Waals surface area contributed by atoms with Crippen LogP contribution >= 0.6 is 11.6 Å². The summed E-state index contributed by atoms with van der Waals surface area (Å²) in [6.07, 6.45) is 3.75. The molecule has 0 spiro atoms. The lowest BCUT2D eigenvalue weighted by molar-refractivity contribution is -0.0348. The maximum absolute atomic E-state index is 11.3. The topological polar surface area (TPSA) is 32.3 Å². The molecule has 3 rings (SSSR count). The van der Waals surface area contributed by atoms with Crippen LogP contribution in [0.5, 0.6) is 0 Å². The molecule has 140 valence electrons. The number of rotatable bonds is 5. The standard InChI is InChI=1S/C23H30ClNO/c1-17(18-7-5-4-6-8-18)23(26)15-13-19(14-16-23)22(2,3)25-21-11-9-20(24)10-12-21/h4-12,17,19,25-26H,13-16H2,1-3H3. The number of halogens is 1. The fraction of sp³-hybridized carbons (Fsp3) is 0.478. The first-order valence-corrected chi connectivity index (χ1v) is 9.99. The molecule has 0 bridgehead atoms. The van der Waals surface area contributed by atoms with Gasteiger partial charge in [-0.25, -0.2) is 0 Å². The fourth-order valence-corrected chi connectivity index (χ4v) is 4.46. The van der Waals surface area contributed by atoms with Gasteiger partial charge in [0.1, 0.15) is 0 Å². The van der Waals surface area contributed by atoms with Crippen LogP contribution in [0.15, 0.2) is 54.6 Å². The Labute approximate surface area is 162 Å². The van der Waals surface area contributed by atoms with E-state index in [1.807, 2.05) is 30.3 Å². The normalized spacial score (nSPS) is 24.9. The van der Waals surface area contributed by atoms with Crippen LogP contribution in [-0.2, 0) is 0 Å². The number of nitrogens with one attached hydrogen (secondary N) is 1. The Balaban J connectivity index is 1.64. The molecule has 1 aliphatic carbocycles. The highest BCUT2D eigenvalue weighted by atomic mass is 35.5. The molecular formula is C23H30ClNO. The lowest BCUT2D eigenvalue weighted by atomic mass is 9.66. The van der Waals surface area contributed by atoms with E-state index in [9.17, 15) is 5.11 Å². The minimum Gasteiger partial charge on any atom is -0.389 e. The van der Waals surface area contributed by atoms with Crippen LogP contribution < -0.4 is 5.32 Å². The Morgan fingerprint density at radius 2 is 1.62 bits per heavy atom. The van der Waals surface area contributed by atoms with Crippen molar-refractivity contribution in [1.29, 1.82) is 0 Å². The molecule has 1 aliphatic rings. The number of benzene rings is 2. The third-order valence-corrected chi connectivity index (χ3v) is 6.54. The molecule has 2 nitrogen and oxygen atoms in total. The number of anilines is 1. The van der Waals surface area contributed by atoms with Gasteiger partial charge in [-0.3, -0.25) is 0 Å². The number of hydrogen-bond acceptors (Lipinski definition) is 2. The lowest BCUT2D eigenvalue weighted by Crippen LogP contribution is -2.46. The minimum absolute atomic E-state index is 0.0227. The van der Waals surface area contributed by atoms with Gasteiger partial charge in [0.25, 0.3) is 0 Å². The molecule has 2 aromatic carbocycles. The molecular weight excluding hydrogens is 342 g/mol. The lowest BCUT2D eigenvalue weighted by Gasteiger charge is -2.45. The predicted octanol–water partition coefficient (Wildman–Crippen LogP) is 6.26. The largest absolute Gasteiger partial charge is 0.389 e. The van der Waals surface area contributed by atoms with Crippen LogP contribution in [0.4, 0.5) is 5.69 Å². The third-order valence-electron chi connectivity index (χ3n) is 6.29. The van der Waals surface area contributed by atoms with Crippen molar-refractivity contribution in [2.24, 2.45) is 5.92 Å². The van der Waals surface area contributed by atoms with Crippen LogP contribution in [0.1, 0.15) is 57.9 Å². The zero-order valence-electron chi connectivity index (χ0n) is 16.0. The van der Waals surface area contributed by atoms with E-state index >= 15 is 0 Å². The SMILES string of the molecule is CC(c1ccccc1)C1(O)CCC(C(C)(C)Nc2ccc(Cl)cc2)CC1. The molecule has 2 aromatic rings. The van der Waals surface area contributed by atoms with Crippen LogP contribution in [-0.4, -0.2) is 16.2 Å². The average molecular weight is 372 g/mol. The Morgan fingerprint density at radius 3 is 2.19 bits per heavy atom. The zero-order valence-corrected chi connectivity index (χ0v) is 16.8. The molecule has 0 saturated heterocycles. The molecule has 1 fully saturated rings. The maximum atomic E-state index is 11.3. The van der Waals surface area contributed by atoms with Gasteiger partial charge in [0.15, 0.2) is 0 Å². The molecule has 1 unspecified atom stereocenters. The van der Waals surface area contributed by atoms with E-state index in [4.69, 9.17) is 11.6 Å². The molecule has 2 N–H and O–H groups in total. The Morgan fingerprint density at radius 1 is 1.04 bits per heavy atom. The summed E-state index contributed by atoms with van der Waals surface area (Å²) in [6.45, 7) is 6.68. The van der Waals surface area contributed by atoms with Crippen LogP contribution in [0.2, 0.25) is 5.02 Å². The second kappa shape index (κ2) is 7.62. The maximum Gasteiger partial charge on any atom is 0.0713 e. The van der Waals surface area contributed by atoms with Crippen molar-refractivity contribution in [2.75, 3.05) is 5.32 Å². The number of aliphatic hydroxyl groups is 1. The van der Waals surface area contributed by atoms with Gasteiger partial charge in [0, 0.05) is 22.2 Å². The van der Waals surface area contributed by atoms with E-state index in [0.717, 1.165) is 36.4 Å². The highest BCUT2D eigenvalue weighted by Crippen LogP contribution is 2.44. The van der Waals surface area contributed by atoms with Gasteiger partial charge in [0.2, 0.25) is 0 Å². The van der Waals surface area contributed by atoms with Gasteiger partial charge < -0.3 is 10.4 Å². The van der Waals surface area contributed by atoms with Crippen molar-refractivity contribution in [3.63, 3.8) is 0 Å². The number of hydrogen-bond donors (Lipinski definition) is 2. The van der Waals surface area contributed by atoms with E-state index in [1.165, 1.54) is 5.56 Å². The summed E-state index contributed by atoms with van der Waals surface area (Å²) < 4.78 is 0. The molecule has 0 radical (unpaired) electrons. The molecule has 0 heterocycles. The first-order chi connectivity index (χ1) is 12.3. The summed E-state index contributed by atoms with van der Waals surface area (Å²) in [5, 5.41) is 15.7. The Hall–Kier alpha value is -1.51. The van der Waals surface area contributed by atoms with Crippen molar-refractivity contribution in [3.8, 4) is 0 Å². The van der Waals surface area contributed by atoms with Crippen molar-refractivity contribution in [3.05, 3.63) is 65.2 Å². The summed E-state index contributed by atoms with van der Waals surface area (Å²) in [6, 6.07) is 18.3. The van der Waals surface area contributed by atoms with E-state index in [-0.39, 0.29) is 11.5 Å². The highest BCUT2D eigenvalue weighted by molar-refractivity contribution is 6.30. The van der Waals surface area contributed by atoms with E-state index in [2.05, 4.69) is 50.4 Å². The molecule has 1 saturated carbocycles. The second-order valence-corrected chi connectivity index (χ2v) is 8.80.